The van der Waals surface area contributed by atoms with Crippen LogP contribution in [0.3, 0.4) is 0 Å². The molecular formula is C19H20BrN9. The van der Waals surface area contributed by atoms with Gasteiger partial charge in [0.15, 0.2) is 5.65 Å². The predicted molar refractivity (Wildman–Crippen MR) is 114 cm³/mol. The lowest BCUT2D eigenvalue weighted by Gasteiger charge is -2.63. The molecule has 1 saturated carbocycles. The van der Waals surface area contributed by atoms with Gasteiger partial charge in [0.1, 0.15) is 5.82 Å². The van der Waals surface area contributed by atoms with E-state index < -0.39 is 0 Å². The molecule has 148 valence electrons. The average Bonchev–Trinajstić information content (AvgIpc) is 3.29. The third-order valence-corrected chi connectivity index (χ3v) is 6.83. The fourth-order valence-corrected chi connectivity index (χ4v) is 4.94. The van der Waals surface area contributed by atoms with E-state index >= 15 is 0 Å². The van der Waals surface area contributed by atoms with Crippen molar-refractivity contribution in [2.45, 2.75) is 25.6 Å². The van der Waals surface area contributed by atoms with Crippen LogP contribution in [0, 0.1) is 11.8 Å². The second kappa shape index (κ2) is 6.14. The first-order valence-electron chi connectivity index (χ1n) is 9.71. The van der Waals surface area contributed by atoms with Crippen molar-refractivity contribution < 1.29 is 0 Å². The molecule has 1 aliphatic carbocycles. The molecule has 4 atom stereocenters. The molecule has 1 saturated heterocycles. The summed E-state index contributed by atoms with van der Waals surface area (Å²) in [5, 5.41) is 7.77. The van der Waals surface area contributed by atoms with Crippen LogP contribution in [0.2, 0.25) is 0 Å². The topological polar surface area (TPSA) is 113 Å². The number of nitrogens with zero attached hydrogens (tertiary/aromatic N) is 6. The number of halogens is 1. The number of fused-ring (bicyclic) bond motifs is 3. The van der Waals surface area contributed by atoms with E-state index in [1.54, 1.807) is 10.7 Å². The Morgan fingerprint density at radius 2 is 2.14 bits per heavy atom. The van der Waals surface area contributed by atoms with Crippen molar-refractivity contribution in [2.75, 3.05) is 16.8 Å². The molecule has 2 aliphatic rings. The molecule has 0 bridgehead atoms. The molecule has 9 nitrogen and oxygen atoms in total. The maximum atomic E-state index is 6.21. The highest BCUT2D eigenvalue weighted by atomic mass is 79.9. The zero-order chi connectivity index (χ0) is 19.7. The number of hydrogen-bond acceptors (Lipinski definition) is 7. The minimum atomic E-state index is 0.285. The van der Waals surface area contributed by atoms with Crippen LogP contribution in [0.15, 0.2) is 34.9 Å². The van der Waals surface area contributed by atoms with Crippen LogP contribution in [-0.4, -0.2) is 48.2 Å². The first-order valence-corrected chi connectivity index (χ1v) is 10.5. The Hall–Kier alpha value is -2.72. The third kappa shape index (κ3) is 2.48. The van der Waals surface area contributed by atoms with Gasteiger partial charge in [-0.1, -0.05) is 19.1 Å². The maximum absolute atomic E-state index is 6.21. The van der Waals surface area contributed by atoms with Crippen LogP contribution in [0.5, 0.6) is 0 Å². The Kier molecular flexibility index (Phi) is 3.63. The standard InChI is InChI=1S/C19H20BrN9/c1-9-15(21)10-8-28(16(9)10)19-26-17-11(20)6-23-29(17)18(27-19)22-7-14-24-12-4-2-3-5-13(12)25-14/h2-6,9-10,15-16H,7-8,21H2,1H3,(H,24,25)(H,22,26,27)/t9-,10-,15+,16?/m1/s1. The maximum Gasteiger partial charge on any atom is 0.231 e. The van der Waals surface area contributed by atoms with Crippen LogP contribution in [-0.2, 0) is 6.54 Å². The summed E-state index contributed by atoms with van der Waals surface area (Å²) >= 11 is 3.55. The van der Waals surface area contributed by atoms with Gasteiger partial charge in [0.2, 0.25) is 11.9 Å². The van der Waals surface area contributed by atoms with Gasteiger partial charge in [-0.25, -0.2) is 4.98 Å². The van der Waals surface area contributed by atoms with E-state index in [4.69, 9.17) is 15.7 Å². The SMILES string of the molecule is C[C@H]1C2[C@H](CN2c2nc(NCc3nc4ccccc4[nH]3)n3ncc(Br)c3n2)[C@H]1N. The molecule has 1 unspecified atom stereocenters. The normalized spacial score (nSPS) is 25.7. The number of aromatic amines is 1. The van der Waals surface area contributed by atoms with Gasteiger partial charge in [-0.3, -0.25) is 0 Å². The number of rotatable bonds is 4. The second-order valence-corrected chi connectivity index (χ2v) is 8.73. The number of H-pyrrole nitrogens is 1. The quantitative estimate of drug-likeness (QED) is 0.433. The summed E-state index contributed by atoms with van der Waals surface area (Å²) in [5.74, 6) is 3.19. The van der Waals surface area contributed by atoms with E-state index in [2.05, 4.69) is 48.1 Å². The molecular weight excluding hydrogens is 434 g/mol. The van der Waals surface area contributed by atoms with Crippen LogP contribution in [0.1, 0.15) is 12.7 Å². The molecule has 4 N–H and O–H groups in total. The molecule has 3 aromatic heterocycles. The number of para-hydroxylation sites is 2. The monoisotopic (exact) mass is 453 g/mol. The lowest BCUT2D eigenvalue weighted by molar-refractivity contribution is 0.0455. The lowest BCUT2D eigenvalue weighted by Crippen LogP contribution is -2.77. The van der Waals surface area contributed by atoms with E-state index in [9.17, 15) is 0 Å². The summed E-state index contributed by atoms with van der Waals surface area (Å²) in [5.41, 5.74) is 8.91. The summed E-state index contributed by atoms with van der Waals surface area (Å²) in [6.07, 6.45) is 1.74. The lowest BCUT2D eigenvalue weighted by atomic mass is 9.60. The van der Waals surface area contributed by atoms with E-state index in [1.165, 1.54) is 0 Å². The Morgan fingerprint density at radius 1 is 1.28 bits per heavy atom. The zero-order valence-corrected chi connectivity index (χ0v) is 17.3. The summed E-state index contributed by atoms with van der Waals surface area (Å²) in [6, 6.07) is 8.70. The minimum Gasteiger partial charge on any atom is -0.347 e. The van der Waals surface area contributed by atoms with Gasteiger partial charge in [-0.2, -0.15) is 19.6 Å². The molecule has 29 heavy (non-hydrogen) atoms. The Labute approximate surface area is 174 Å². The molecule has 10 heteroatoms. The van der Waals surface area contributed by atoms with Gasteiger partial charge < -0.3 is 20.9 Å². The number of aromatic nitrogens is 6. The molecule has 6 rings (SSSR count). The van der Waals surface area contributed by atoms with Gasteiger partial charge in [0.25, 0.3) is 0 Å². The zero-order valence-electron chi connectivity index (χ0n) is 15.7. The van der Waals surface area contributed by atoms with Crippen LogP contribution >= 0.6 is 15.9 Å². The van der Waals surface area contributed by atoms with E-state index in [1.807, 2.05) is 24.3 Å². The highest BCUT2D eigenvalue weighted by Crippen LogP contribution is 2.46. The number of piperidine rings is 1. The van der Waals surface area contributed by atoms with Crippen molar-refractivity contribution in [3.8, 4) is 0 Å². The molecule has 0 spiro atoms. The highest BCUT2D eigenvalue weighted by molar-refractivity contribution is 9.10. The minimum absolute atomic E-state index is 0.285. The second-order valence-electron chi connectivity index (χ2n) is 7.87. The Bertz CT molecular complexity index is 1190. The molecule has 4 aromatic rings. The number of hydrogen-bond donors (Lipinski definition) is 3. The fraction of sp³-hybridized carbons (Fsp3) is 0.368. The number of anilines is 2. The number of imidazole rings is 1. The Morgan fingerprint density at radius 3 is 2.97 bits per heavy atom. The molecule has 0 amide bonds. The predicted octanol–water partition coefficient (Wildman–Crippen LogP) is 2.16. The number of nitrogens with two attached hydrogens (primary N) is 1. The first kappa shape index (κ1) is 17.2. The summed E-state index contributed by atoms with van der Waals surface area (Å²) in [6.45, 7) is 3.61. The molecule has 1 aliphatic heterocycles. The fourth-order valence-electron chi connectivity index (χ4n) is 4.59. The van der Waals surface area contributed by atoms with Crippen LogP contribution in [0.4, 0.5) is 11.9 Å². The summed E-state index contributed by atoms with van der Waals surface area (Å²) in [4.78, 5) is 19.7. The van der Waals surface area contributed by atoms with Crippen LogP contribution < -0.4 is 16.0 Å². The summed E-state index contributed by atoms with van der Waals surface area (Å²) < 4.78 is 2.55. The molecule has 1 aromatic carbocycles. The van der Waals surface area contributed by atoms with Crippen LogP contribution in [0.25, 0.3) is 16.7 Å². The van der Waals surface area contributed by atoms with E-state index in [0.717, 1.165) is 33.5 Å². The average molecular weight is 454 g/mol. The number of nitrogens with one attached hydrogen (secondary N) is 2. The third-order valence-electron chi connectivity index (χ3n) is 6.27. The van der Waals surface area contributed by atoms with Crippen molar-refractivity contribution in [2.24, 2.45) is 17.6 Å². The van der Waals surface area contributed by atoms with Crippen molar-refractivity contribution in [3.05, 3.63) is 40.8 Å². The molecule has 2 fully saturated rings. The highest BCUT2D eigenvalue weighted by Gasteiger charge is 2.57. The Balaban J connectivity index is 1.32. The van der Waals surface area contributed by atoms with Crippen molar-refractivity contribution >= 4 is 44.5 Å². The summed E-state index contributed by atoms with van der Waals surface area (Å²) in [7, 11) is 0. The smallest absolute Gasteiger partial charge is 0.231 e. The van der Waals surface area contributed by atoms with Gasteiger partial charge in [0, 0.05) is 24.5 Å². The van der Waals surface area contributed by atoms with Crippen molar-refractivity contribution in [3.63, 3.8) is 0 Å². The van der Waals surface area contributed by atoms with Gasteiger partial charge >= 0.3 is 0 Å². The van der Waals surface area contributed by atoms with Gasteiger partial charge in [-0.05, 0) is 34.0 Å². The molecule has 4 heterocycles. The van der Waals surface area contributed by atoms with Gasteiger partial charge in [0.05, 0.1) is 28.2 Å². The van der Waals surface area contributed by atoms with Crippen molar-refractivity contribution in [1.82, 2.24) is 29.5 Å². The van der Waals surface area contributed by atoms with E-state index in [-0.39, 0.29) is 6.04 Å². The largest absolute Gasteiger partial charge is 0.347 e. The van der Waals surface area contributed by atoms with E-state index in [0.29, 0.717) is 36.3 Å². The molecule has 0 radical (unpaired) electrons. The first-order chi connectivity index (χ1) is 14.1. The number of benzene rings is 1. The van der Waals surface area contributed by atoms with Crippen molar-refractivity contribution in [1.29, 1.82) is 0 Å². The van der Waals surface area contributed by atoms with Gasteiger partial charge in [-0.15, -0.1) is 0 Å².